The van der Waals surface area contributed by atoms with Crippen molar-refractivity contribution >= 4 is 105 Å². The molecule has 0 saturated heterocycles. The Morgan fingerprint density at radius 3 is 1.05 bits per heavy atom. The van der Waals surface area contributed by atoms with Gasteiger partial charge in [0.25, 0.3) is 11.8 Å². The molecule has 9 N–H and O–H groups in total. The lowest BCUT2D eigenvalue weighted by Gasteiger charge is -2.28. The number of aromatic amines is 3. The van der Waals surface area contributed by atoms with Crippen LogP contribution in [0, 0.1) is 0 Å². The van der Waals surface area contributed by atoms with Crippen LogP contribution in [-0.4, -0.2) is 119 Å². The largest absolute Gasteiger partial charge is 0.478 e. The number of ether oxygens (including phenoxy) is 2. The van der Waals surface area contributed by atoms with E-state index in [0.717, 1.165) is 159 Å². The molecule has 0 atom stereocenters. The summed E-state index contributed by atoms with van der Waals surface area (Å²) in [5.41, 5.74) is 30.4. The van der Waals surface area contributed by atoms with Crippen LogP contribution in [-0.2, 0) is 60.1 Å². The van der Waals surface area contributed by atoms with Crippen LogP contribution < -0.4 is 16.4 Å². The zero-order valence-corrected chi connectivity index (χ0v) is 83.2. The molecule has 24 rings (SSSR count). The molecule has 746 valence electrons. The van der Waals surface area contributed by atoms with Crippen LogP contribution in [0.5, 0.6) is 0 Å². The molecule has 3 aliphatic heterocycles. The number of rotatable bonds is 20. The number of fused-ring (bicyclic) bond motifs is 15. The first-order valence-corrected chi connectivity index (χ1v) is 52.3. The summed E-state index contributed by atoms with van der Waals surface area (Å²) >= 11 is 0. The maximum atomic E-state index is 14.2. The summed E-state index contributed by atoms with van der Waals surface area (Å²) in [6.45, 7) is 2.30. The van der Waals surface area contributed by atoms with Crippen LogP contribution in [0.25, 0.3) is 137 Å². The van der Waals surface area contributed by atoms with Gasteiger partial charge in [0, 0.05) is 115 Å². The fourth-order valence-corrected chi connectivity index (χ4v) is 24.2. The van der Waals surface area contributed by atoms with E-state index in [-0.39, 0.29) is 23.3 Å². The number of carboxylic acids is 2. The minimum atomic E-state index is -1.00. The summed E-state index contributed by atoms with van der Waals surface area (Å²) in [4.78, 5) is 88.1. The van der Waals surface area contributed by atoms with Crippen molar-refractivity contribution in [2.24, 2.45) is 5.73 Å². The van der Waals surface area contributed by atoms with E-state index in [9.17, 15) is 33.9 Å². The zero-order chi connectivity index (χ0) is 101. The molecule has 0 bridgehead atoms. The molecule has 6 fully saturated rings. The molecule has 9 aromatic carbocycles. The van der Waals surface area contributed by atoms with E-state index in [1.165, 1.54) is 206 Å². The molecule has 0 spiro atoms. The Bertz CT molecular complexity index is 7710. The molecule has 15 aromatic rings. The Kier molecular flexibility index (Phi) is 28.4. The zero-order valence-electron chi connectivity index (χ0n) is 83.2. The second kappa shape index (κ2) is 42.9. The molecule has 6 aromatic heterocycles. The number of aromatic carboxylic acids is 1. The van der Waals surface area contributed by atoms with Crippen molar-refractivity contribution in [3.05, 3.63) is 321 Å². The first kappa shape index (κ1) is 97.3. The van der Waals surface area contributed by atoms with E-state index in [2.05, 4.69) is 198 Å². The third-order valence-electron chi connectivity index (χ3n) is 31.6. The molecule has 2 amide bonds. The van der Waals surface area contributed by atoms with Gasteiger partial charge in [-0.15, -0.1) is 0 Å². The summed E-state index contributed by atoms with van der Waals surface area (Å²) in [6.07, 6.45) is 52.1. The Balaban J connectivity index is 0.000000120. The SMILES string of the molecule is COC(=O)/C=C/c1cccc(-c2n[nH]c(C3(N)CCCC3)n2)c1.COC(=O)/C=C/c1cccc(-c2n[nH]c(C3(NC(=O)c4ccc5c(C6CCCCC6)c6n(c5c4)CC=Cc4ccccc4-6)CCCC3)n2)c1.O=C(O)/C=C/c1cccc(-c2n[nH]c(C3(NC(=O)c4ccc5c(C6CCCCC6)c6n(c5c4)CC=Cc4ccccc4-6)CCCC3)n2)c1.O=C(O)c1ccc2c(C3CCCCC3)c3n(c2c1)CC=Cc1ccccc1-3. The summed E-state index contributed by atoms with van der Waals surface area (Å²) in [6, 6.07) is 67.0. The van der Waals surface area contributed by atoms with Crippen molar-refractivity contribution in [1.29, 1.82) is 0 Å². The number of esters is 2. The fourth-order valence-electron chi connectivity index (χ4n) is 24.2. The first-order chi connectivity index (χ1) is 71.9. The average molecular weight is 1960 g/mol. The number of amides is 2. The molecule has 9 heterocycles. The van der Waals surface area contributed by atoms with E-state index >= 15 is 0 Å². The summed E-state index contributed by atoms with van der Waals surface area (Å²) in [7, 11) is 2.71. The van der Waals surface area contributed by atoms with E-state index in [4.69, 9.17) is 25.5 Å². The lowest BCUT2D eigenvalue weighted by Crippen LogP contribution is -2.44. The van der Waals surface area contributed by atoms with Crippen LogP contribution in [0.4, 0.5) is 0 Å². The lowest BCUT2D eigenvalue weighted by atomic mass is 9.81. The summed E-state index contributed by atoms with van der Waals surface area (Å²) in [5.74, 6) is 2.44. The third kappa shape index (κ3) is 20.2. The van der Waals surface area contributed by atoms with E-state index in [0.29, 0.717) is 63.6 Å². The maximum absolute atomic E-state index is 14.2. The van der Waals surface area contributed by atoms with Crippen molar-refractivity contribution in [3.63, 3.8) is 0 Å². The second-order valence-corrected chi connectivity index (χ2v) is 40.7. The van der Waals surface area contributed by atoms with Crippen molar-refractivity contribution < 1.29 is 48.5 Å². The van der Waals surface area contributed by atoms with Crippen molar-refractivity contribution in [3.8, 4) is 67.9 Å². The topological polar surface area (TPSA) is 351 Å². The highest BCUT2D eigenvalue weighted by atomic mass is 16.5. The Morgan fingerprint density at radius 2 is 0.701 bits per heavy atom. The molecule has 25 nitrogen and oxygen atoms in total. The highest BCUT2D eigenvalue weighted by molar-refractivity contribution is 6.05. The Morgan fingerprint density at radius 1 is 0.374 bits per heavy atom. The van der Waals surface area contributed by atoms with Gasteiger partial charge < -0.3 is 49.8 Å². The van der Waals surface area contributed by atoms with Gasteiger partial charge in [0.1, 0.15) is 5.82 Å². The van der Waals surface area contributed by atoms with Crippen molar-refractivity contribution in [2.45, 2.75) is 227 Å². The van der Waals surface area contributed by atoms with Gasteiger partial charge in [-0.1, -0.05) is 278 Å². The van der Waals surface area contributed by atoms with Gasteiger partial charge in [-0.3, -0.25) is 24.9 Å². The van der Waals surface area contributed by atoms with E-state index in [1.807, 2.05) is 97.1 Å². The molecule has 6 aliphatic carbocycles. The predicted molar refractivity (Wildman–Crippen MR) is 577 cm³/mol. The predicted octanol–water partition coefficient (Wildman–Crippen LogP) is 25.5. The van der Waals surface area contributed by atoms with Crippen LogP contribution in [0.3, 0.4) is 0 Å². The number of hydrogen-bond acceptors (Lipinski definition) is 15. The molecule has 147 heavy (non-hydrogen) atoms. The Labute approximate surface area is 854 Å². The minimum absolute atomic E-state index is 0.101. The number of aliphatic carboxylic acids is 1. The Hall–Kier alpha value is -15.8. The van der Waals surface area contributed by atoms with Gasteiger partial charge in [-0.05, 0) is 218 Å². The maximum Gasteiger partial charge on any atom is 0.335 e. The standard InChI is InChI=1S/C41H41N5O3.C40H39N5O3.C24H23NO2.C17H20N4O2/c1-49-35(47)21-18-27-11-9-15-30(25-27)38-42-40(45-44-38)41(22-7-8-23-41)43-39(48)31-19-20-33-34(26-31)46-24-10-16-28-12-5-6-17-32(28)37(46)36(33)29-13-3-2-4-14-29;46-34(47)20-17-26-10-8-14-29(24-26)37-41-39(44-43-37)40(21-6-7-22-40)42-38(48)30-18-19-32-33(25-30)45-23-9-15-27-11-4-5-16-31(27)36(45)35(32)28-12-2-1-3-13-28;26-24(27)18-12-13-20-21(15-18)25-14-6-10-16-7-4-5-11-19(16)23(25)22(20)17-8-2-1-3-9-17;1-23-14(22)8-7-12-5-4-6-13(11-12)15-19-16(21-20-15)17(18)9-2-3-10-17/h5-6,9-12,15-21,25-26,29H,2-4,7-8,13-14,22-24H2,1H3,(H,43,48)(H,42,44,45);4-5,8-11,14-20,24-25,28H,1-3,6-7,12-13,21-23H2,(H,42,48)(H,46,47)(H,41,43,44);4-7,10-13,15,17H,1-3,8-9,14H2,(H,26,27);4-8,11H,2-3,9-10,18H2,1H3,(H,19,20,21)/b21-18+;20-17+;;8-7+. The number of carbonyl (C=O) groups is 6. The molecule has 0 radical (unpaired) electrons. The van der Waals surface area contributed by atoms with E-state index < -0.39 is 29.0 Å². The number of aromatic nitrogens is 12. The highest BCUT2D eigenvalue weighted by Gasteiger charge is 2.44. The highest BCUT2D eigenvalue weighted by Crippen LogP contribution is 2.52. The smallest absolute Gasteiger partial charge is 0.335 e. The van der Waals surface area contributed by atoms with Crippen LogP contribution in [0.2, 0.25) is 0 Å². The normalized spacial score (nSPS) is 17.1. The summed E-state index contributed by atoms with van der Waals surface area (Å²) in [5, 5.41) is 51.8. The number of nitrogens with zero attached hydrogens (tertiary/aromatic N) is 9. The number of nitrogens with one attached hydrogen (secondary N) is 5. The van der Waals surface area contributed by atoms with Gasteiger partial charge >= 0.3 is 23.9 Å². The molecule has 25 heteroatoms. The minimum Gasteiger partial charge on any atom is -0.478 e. The first-order valence-electron chi connectivity index (χ1n) is 52.3. The summed E-state index contributed by atoms with van der Waals surface area (Å²) < 4.78 is 16.5. The number of carbonyl (C=O) groups excluding carboxylic acids is 4. The van der Waals surface area contributed by atoms with Crippen LogP contribution in [0.1, 0.15) is 290 Å². The molecule has 0 unspecified atom stereocenters. The lowest BCUT2D eigenvalue weighted by molar-refractivity contribution is -0.135. The van der Waals surface area contributed by atoms with Crippen LogP contribution in [0.15, 0.2) is 237 Å². The molecule has 9 aliphatic rings. The van der Waals surface area contributed by atoms with Gasteiger partial charge in [-0.25, -0.2) is 34.1 Å². The number of allylic oxidation sites excluding steroid dienone is 3. The number of nitrogens with two attached hydrogens (primary N) is 1. The average Bonchev–Trinajstić information content (AvgIpc) is 1.58. The quantitative estimate of drug-likeness (QED) is 0.0259. The van der Waals surface area contributed by atoms with Gasteiger partial charge in [0.15, 0.2) is 29.1 Å². The van der Waals surface area contributed by atoms with Crippen LogP contribution >= 0.6 is 0 Å². The molecule has 6 saturated carbocycles. The number of hydrogen-bond donors (Lipinski definition) is 8. The van der Waals surface area contributed by atoms with Crippen molar-refractivity contribution in [1.82, 2.24) is 69.9 Å². The van der Waals surface area contributed by atoms with E-state index in [1.54, 1.807) is 24.3 Å². The number of methoxy groups -OCH3 is 2. The number of H-pyrrole nitrogens is 3. The monoisotopic (exact) mass is 1960 g/mol. The molecular formula is C122H123N15O10. The second-order valence-electron chi connectivity index (χ2n) is 40.7. The third-order valence-corrected chi connectivity index (χ3v) is 31.6. The van der Waals surface area contributed by atoms with Gasteiger partial charge in [0.05, 0.1) is 53.5 Å². The van der Waals surface area contributed by atoms with Gasteiger partial charge in [0.2, 0.25) is 0 Å². The number of benzene rings is 9. The fraction of sp³-hybridized carbons (Fsp3) is 0.311. The van der Waals surface area contributed by atoms with Crippen molar-refractivity contribution in [2.75, 3.05) is 14.2 Å². The molecular weight excluding hydrogens is 1840 g/mol. The number of carboxylic acid groups (broad SMARTS) is 2. The van der Waals surface area contributed by atoms with Gasteiger partial charge in [-0.2, -0.15) is 15.3 Å².